The van der Waals surface area contributed by atoms with Gasteiger partial charge in [-0.1, -0.05) is 6.08 Å². The van der Waals surface area contributed by atoms with Crippen molar-refractivity contribution >= 4 is 22.4 Å². The number of H-pyrrole nitrogens is 2. The minimum Gasteiger partial charge on any atom is -0.494 e. The van der Waals surface area contributed by atoms with Gasteiger partial charge in [-0.2, -0.15) is 0 Å². The van der Waals surface area contributed by atoms with Crippen LogP contribution in [0.25, 0.3) is 16.5 Å². The predicted molar refractivity (Wildman–Crippen MR) is 112 cm³/mol. The standard InChI is InChI=1S/C22H25FN4O2/c1-12-18(21(28)24-9-10-27(2)3)14-5-4-6-15(20(14)25-12)19-16-11-13(23)7-8-17(16)26-22(19)29/h6-8,11,25-26,29H,4-5,9-10H2,1-3H3,(H,24,28). The number of hydrogen-bond donors (Lipinski definition) is 4. The molecule has 0 spiro atoms. The molecule has 4 rings (SSSR count). The Hall–Kier alpha value is -3.06. The first-order valence-electron chi connectivity index (χ1n) is 9.72. The Morgan fingerprint density at radius 2 is 2.10 bits per heavy atom. The number of carbonyl (C=O) groups excluding carboxylic acids is 1. The normalized spacial score (nSPS) is 13.6. The molecule has 0 aliphatic heterocycles. The number of amides is 1. The predicted octanol–water partition coefficient (Wildman–Crippen LogP) is 3.32. The molecule has 152 valence electrons. The van der Waals surface area contributed by atoms with E-state index in [-0.39, 0.29) is 17.6 Å². The van der Waals surface area contributed by atoms with E-state index < -0.39 is 0 Å². The number of aromatic hydroxyl groups is 1. The molecule has 1 aromatic carbocycles. The van der Waals surface area contributed by atoms with Crippen molar-refractivity contribution in [3.8, 4) is 5.88 Å². The molecule has 0 unspecified atom stereocenters. The average Bonchev–Trinajstić information content (AvgIpc) is 3.16. The zero-order valence-corrected chi connectivity index (χ0v) is 16.8. The third-order valence-electron chi connectivity index (χ3n) is 5.38. The molecule has 1 amide bonds. The Morgan fingerprint density at radius 1 is 1.31 bits per heavy atom. The molecule has 0 fully saturated rings. The Balaban J connectivity index is 1.75. The lowest BCUT2D eigenvalue weighted by atomic mass is 9.89. The molecular weight excluding hydrogens is 371 g/mol. The number of halogens is 1. The van der Waals surface area contributed by atoms with Crippen molar-refractivity contribution in [1.29, 1.82) is 0 Å². The van der Waals surface area contributed by atoms with Gasteiger partial charge in [0.2, 0.25) is 0 Å². The highest BCUT2D eigenvalue weighted by atomic mass is 19.1. The highest BCUT2D eigenvalue weighted by Crippen LogP contribution is 2.41. The van der Waals surface area contributed by atoms with Crippen molar-refractivity contribution in [2.75, 3.05) is 27.2 Å². The summed E-state index contributed by atoms with van der Waals surface area (Å²) in [4.78, 5) is 21.1. The van der Waals surface area contributed by atoms with Gasteiger partial charge in [-0.05, 0) is 57.6 Å². The fraction of sp³-hybridized carbons (Fsp3) is 0.318. The number of nitrogens with zero attached hydrogens (tertiary/aromatic N) is 1. The summed E-state index contributed by atoms with van der Waals surface area (Å²) in [5.74, 6) is -0.468. The molecule has 4 N–H and O–H groups in total. The van der Waals surface area contributed by atoms with Gasteiger partial charge >= 0.3 is 0 Å². The summed E-state index contributed by atoms with van der Waals surface area (Å²) in [5.41, 5.74) is 5.21. The topological polar surface area (TPSA) is 84.2 Å². The van der Waals surface area contributed by atoms with Gasteiger partial charge in [-0.3, -0.25) is 4.79 Å². The molecule has 0 bridgehead atoms. The molecule has 0 saturated carbocycles. The van der Waals surface area contributed by atoms with Crippen molar-refractivity contribution in [2.45, 2.75) is 19.8 Å². The second kappa shape index (κ2) is 7.40. The first-order valence-corrected chi connectivity index (χ1v) is 9.72. The number of aromatic nitrogens is 2. The van der Waals surface area contributed by atoms with Gasteiger partial charge in [0.25, 0.3) is 5.91 Å². The van der Waals surface area contributed by atoms with Crippen LogP contribution < -0.4 is 5.32 Å². The third kappa shape index (κ3) is 3.42. The van der Waals surface area contributed by atoms with Crippen LogP contribution in [0.15, 0.2) is 24.3 Å². The number of nitrogens with one attached hydrogen (secondary N) is 3. The number of allylic oxidation sites excluding steroid dienone is 1. The van der Waals surface area contributed by atoms with Crippen molar-refractivity contribution in [1.82, 2.24) is 20.2 Å². The van der Waals surface area contributed by atoms with Crippen LogP contribution in [-0.4, -0.2) is 53.1 Å². The summed E-state index contributed by atoms with van der Waals surface area (Å²) < 4.78 is 13.9. The molecule has 0 atom stereocenters. The number of rotatable bonds is 5. The van der Waals surface area contributed by atoms with Crippen molar-refractivity contribution in [2.24, 2.45) is 0 Å². The quantitative estimate of drug-likeness (QED) is 0.534. The van der Waals surface area contributed by atoms with Crippen LogP contribution in [0, 0.1) is 12.7 Å². The average molecular weight is 396 g/mol. The maximum absolute atomic E-state index is 13.9. The minimum atomic E-state index is -0.363. The van der Waals surface area contributed by atoms with Gasteiger partial charge in [0.1, 0.15) is 5.82 Å². The van der Waals surface area contributed by atoms with Crippen LogP contribution in [0.4, 0.5) is 4.39 Å². The summed E-state index contributed by atoms with van der Waals surface area (Å²) in [6.45, 7) is 3.21. The lowest BCUT2D eigenvalue weighted by Gasteiger charge is -2.16. The molecule has 3 aromatic rings. The first-order chi connectivity index (χ1) is 13.9. The number of benzene rings is 1. The number of hydrogen-bond acceptors (Lipinski definition) is 3. The summed E-state index contributed by atoms with van der Waals surface area (Å²) >= 11 is 0. The van der Waals surface area contributed by atoms with Gasteiger partial charge in [0.15, 0.2) is 5.88 Å². The van der Waals surface area contributed by atoms with Crippen LogP contribution in [0.1, 0.15) is 39.3 Å². The summed E-state index contributed by atoms with van der Waals surface area (Å²) in [7, 11) is 3.92. The van der Waals surface area contributed by atoms with Gasteiger partial charge < -0.3 is 25.3 Å². The molecule has 0 radical (unpaired) electrons. The van der Waals surface area contributed by atoms with E-state index in [1.165, 1.54) is 12.1 Å². The van der Waals surface area contributed by atoms with E-state index in [0.29, 0.717) is 28.6 Å². The Bertz CT molecular complexity index is 1120. The molecule has 2 heterocycles. The zero-order chi connectivity index (χ0) is 20.7. The van der Waals surface area contributed by atoms with Gasteiger partial charge in [0.05, 0.1) is 16.8 Å². The molecule has 0 saturated heterocycles. The van der Waals surface area contributed by atoms with Gasteiger partial charge in [-0.15, -0.1) is 0 Å². The smallest absolute Gasteiger partial charge is 0.253 e. The van der Waals surface area contributed by atoms with E-state index >= 15 is 0 Å². The first kappa shape index (κ1) is 19.3. The SMILES string of the molecule is Cc1[nH]c2c(c1C(=O)NCCN(C)C)CCC=C2c1c(O)[nH]c2ccc(F)cc12. The van der Waals surface area contributed by atoms with E-state index in [4.69, 9.17) is 0 Å². The Kier molecular flexibility index (Phi) is 4.92. The highest BCUT2D eigenvalue weighted by molar-refractivity contribution is 6.03. The van der Waals surface area contributed by atoms with Gasteiger partial charge in [-0.25, -0.2) is 4.39 Å². The summed E-state index contributed by atoms with van der Waals surface area (Å²) in [6, 6.07) is 4.39. The third-order valence-corrected chi connectivity index (χ3v) is 5.38. The highest BCUT2D eigenvalue weighted by Gasteiger charge is 2.28. The summed E-state index contributed by atoms with van der Waals surface area (Å²) in [5, 5.41) is 14.1. The van der Waals surface area contributed by atoms with E-state index in [1.54, 1.807) is 6.07 Å². The Labute approximate surface area is 168 Å². The lowest BCUT2D eigenvalue weighted by molar-refractivity contribution is 0.0949. The van der Waals surface area contributed by atoms with Crippen LogP contribution in [0.2, 0.25) is 0 Å². The molecule has 7 heteroatoms. The second-order valence-corrected chi connectivity index (χ2v) is 7.73. The van der Waals surface area contributed by atoms with Crippen LogP contribution in [-0.2, 0) is 6.42 Å². The van der Waals surface area contributed by atoms with E-state index in [2.05, 4.69) is 15.3 Å². The second-order valence-electron chi connectivity index (χ2n) is 7.73. The lowest BCUT2D eigenvalue weighted by Crippen LogP contribution is -2.32. The van der Waals surface area contributed by atoms with E-state index in [9.17, 15) is 14.3 Å². The zero-order valence-electron chi connectivity index (χ0n) is 16.8. The number of aromatic amines is 2. The molecule has 1 aliphatic carbocycles. The van der Waals surface area contributed by atoms with E-state index in [1.807, 2.05) is 32.0 Å². The minimum absolute atomic E-state index is 0.00561. The van der Waals surface area contributed by atoms with E-state index in [0.717, 1.165) is 41.9 Å². The summed E-state index contributed by atoms with van der Waals surface area (Å²) in [6.07, 6.45) is 3.50. The monoisotopic (exact) mass is 396 g/mol. The van der Waals surface area contributed by atoms with Crippen molar-refractivity contribution < 1.29 is 14.3 Å². The van der Waals surface area contributed by atoms with Gasteiger partial charge in [0, 0.05) is 35.3 Å². The largest absolute Gasteiger partial charge is 0.494 e. The van der Waals surface area contributed by atoms with Crippen LogP contribution in [0.5, 0.6) is 5.88 Å². The number of aryl methyl sites for hydroxylation is 1. The fourth-order valence-electron chi connectivity index (χ4n) is 4.06. The fourth-order valence-corrected chi connectivity index (χ4v) is 4.06. The Morgan fingerprint density at radius 3 is 2.86 bits per heavy atom. The molecule has 6 nitrogen and oxygen atoms in total. The number of fused-ring (bicyclic) bond motifs is 2. The van der Waals surface area contributed by atoms with Crippen LogP contribution in [0.3, 0.4) is 0 Å². The van der Waals surface area contributed by atoms with Crippen molar-refractivity contribution in [3.63, 3.8) is 0 Å². The van der Waals surface area contributed by atoms with Crippen LogP contribution >= 0.6 is 0 Å². The molecule has 1 aliphatic rings. The molecule has 2 aromatic heterocycles. The van der Waals surface area contributed by atoms with Crippen molar-refractivity contribution in [3.05, 3.63) is 58.2 Å². The molecule has 29 heavy (non-hydrogen) atoms. The molecular formula is C22H25FN4O2. The number of carbonyl (C=O) groups is 1. The maximum atomic E-state index is 13.9. The number of likely N-dealkylation sites (N-methyl/N-ethyl adjacent to an activating group) is 1. The maximum Gasteiger partial charge on any atom is 0.253 e.